The van der Waals surface area contributed by atoms with Crippen LogP contribution in [0.1, 0.15) is 11.1 Å². The first-order chi connectivity index (χ1) is 17.7. The number of aromatic nitrogens is 2. The Hall–Kier alpha value is -4.97. The highest BCUT2D eigenvalue weighted by Crippen LogP contribution is 2.33. The summed E-state index contributed by atoms with van der Waals surface area (Å²) in [5.74, 6) is 0. The van der Waals surface area contributed by atoms with E-state index >= 15 is 0 Å². The first-order valence-corrected chi connectivity index (χ1v) is 11.6. The number of nitrogens with zero attached hydrogens (tertiary/aromatic N) is 5. The minimum absolute atomic E-state index is 0.905. The van der Waals surface area contributed by atoms with Crippen LogP contribution in [0.2, 0.25) is 0 Å². The number of hydrogen-bond donors (Lipinski definition) is 1. The number of fused-ring (bicyclic) bond motifs is 1. The molecule has 0 unspecified atom stereocenters. The molecular formula is C30H26N6. The maximum Gasteiger partial charge on any atom is 0.0709 e. The molecule has 5 rings (SSSR count). The van der Waals surface area contributed by atoms with Crippen molar-refractivity contribution < 1.29 is 0 Å². The van der Waals surface area contributed by atoms with Gasteiger partial charge in [-0.1, -0.05) is 48.5 Å². The molecule has 1 heterocycles. The molecule has 176 valence electrons. The average Bonchev–Trinajstić information content (AvgIpc) is 2.92. The van der Waals surface area contributed by atoms with Gasteiger partial charge in [0.2, 0.25) is 0 Å². The van der Waals surface area contributed by atoms with Crippen molar-refractivity contribution >= 4 is 47.0 Å². The Morgan fingerprint density at radius 2 is 1.31 bits per heavy atom. The molecule has 0 aliphatic rings. The second-order valence-electron chi connectivity index (χ2n) is 8.24. The molecule has 0 aliphatic carbocycles. The van der Waals surface area contributed by atoms with Gasteiger partial charge in [-0.25, -0.2) is 0 Å². The van der Waals surface area contributed by atoms with E-state index in [4.69, 9.17) is 9.98 Å². The molecule has 5 aromatic rings. The van der Waals surface area contributed by atoms with E-state index in [9.17, 15) is 0 Å². The molecule has 1 aromatic heterocycles. The number of aliphatic imine (C=N–C) groups is 3. The minimum Gasteiger partial charge on any atom is -0.360 e. The monoisotopic (exact) mass is 470 g/mol. The first kappa shape index (κ1) is 22.8. The van der Waals surface area contributed by atoms with Crippen LogP contribution < -0.4 is 5.32 Å². The summed E-state index contributed by atoms with van der Waals surface area (Å²) in [6, 6.07) is 28.6. The fourth-order valence-corrected chi connectivity index (χ4v) is 3.88. The Morgan fingerprint density at radius 3 is 1.81 bits per heavy atom. The molecule has 0 aliphatic heterocycles. The van der Waals surface area contributed by atoms with Crippen LogP contribution in [0.25, 0.3) is 16.5 Å². The first-order valence-electron chi connectivity index (χ1n) is 11.6. The second kappa shape index (κ2) is 10.5. The predicted molar refractivity (Wildman–Crippen MR) is 152 cm³/mol. The van der Waals surface area contributed by atoms with E-state index in [1.807, 2.05) is 85.1 Å². The van der Waals surface area contributed by atoms with Crippen molar-refractivity contribution in [2.75, 3.05) is 5.32 Å². The van der Waals surface area contributed by atoms with Crippen LogP contribution in [0, 0.1) is 0 Å². The Balaban J connectivity index is 1.35. The second-order valence-corrected chi connectivity index (χ2v) is 8.24. The smallest absolute Gasteiger partial charge is 0.0709 e. The lowest BCUT2D eigenvalue weighted by Crippen LogP contribution is -2.14. The summed E-state index contributed by atoms with van der Waals surface area (Å²) in [4.78, 5) is 13.2. The van der Waals surface area contributed by atoms with Crippen molar-refractivity contribution in [3.05, 3.63) is 121 Å². The Bertz CT molecular complexity index is 1560. The van der Waals surface area contributed by atoms with Gasteiger partial charge in [-0.2, -0.15) is 0 Å². The highest BCUT2D eigenvalue weighted by atomic mass is 15.4. The molecule has 6 nitrogen and oxygen atoms in total. The Kier molecular flexibility index (Phi) is 6.67. The number of aryl methyl sites for hydroxylation is 1. The van der Waals surface area contributed by atoms with Gasteiger partial charge in [0.15, 0.2) is 0 Å². The zero-order valence-electron chi connectivity index (χ0n) is 20.0. The number of rotatable bonds is 8. The third-order valence-electron chi connectivity index (χ3n) is 5.85. The summed E-state index contributed by atoms with van der Waals surface area (Å²) in [7, 11) is 2.02. The molecule has 6 heteroatoms. The van der Waals surface area contributed by atoms with Gasteiger partial charge >= 0.3 is 0 Å². The predicted octanol–water partition coefficient (Wildman–Crippen LogP) is 7.05. The summed E-state index contributed by atoms with van der Waals surface area (Å²) in [6.45, 7) is 3.42. The standard InChI is InChI=1S/C30H26N6/c1-31-17-18-32-25-11-7-23(8-12-25)21-33-29-15-16-30(28-6-4-3-5-27(28)29)34-22-24-9-13-26(14-10-24)36-20-19-35(36)2/h3-22,32H,1H2,2H3/b18-17-,33-21?,34-22?. The van der Waals surface area contributed by atoms with E-state index in [1.165, 1.54) is 0 Å². The van der Waals surface area contributed by atoms with Gasteiger partial charge in [0.05, 0.1) is 17.1 Å². The fraction of sp³-hybridized carbons (Fsp3) is 0.0333. The zero-order chi connectivity index (χ0) is 24.7. The maximum absolute atomic E-state index is 4.79. The molecule has 0 fully saturated rings. The normalized spacial score (nSPS) is 11.8. The van der Waals surface area contributed by atoms with E-state index in [0.717, 1.165) is 44.6 Å². The van der Waals surface area contributed by atoms with Crippen molar-refractivity contribution in [3.8, 4) is 5.69 Å². The van der Waals surface area contributed by atoms with Crippen LogP contribution >= 0.6 is 0 Å². The molecule has 0 amide bonds. The van der Waals surface area contributed by atoms with E-state index in [2.05, 4.69) is 58.1 Å². The van der Waals surface area contributed by atoms with Gasteiger partial charge in [-0.05, 0) is 54.2 Å². The van der Waals surface area contributed by atoms with Gasteiger partial charge in [-0.15, -0.1) is 0 Å². The van der Waals surface area contributed by atoms with E-state index in [0.29, 0.717) is 0 Å². The maximum atomic E-state index is 4.79. The summed E-state index contributed by atoms with van der Waals surface area (Å²) in [5.41, 5.74) is 5.98. The molecule has 0 atom stereocenters. The van der Waals surface area contributed by atoms with Crippen molar-refractivity contribution in [1.82, 2.24) is 9.36 Å². The fourth-order valence-electron chi connectivity index (χ4n) is 3.88. The molecule has 36 heavy (non-hydrogen) atoms. The summed E-state index contributed by atoms with van der Waals surface area (Å²) >= 11 is 0. The van der Waals surface area contributed by atoms with Crippen molar-refractivity contribution in [2.24, 2.45) is 22.0 Å². The quantitative estimate of drug-likeness (QED) is 0.243. The van der Waals surface area contributed by atoms with Gasteiger partial charge in [0.1, 0.15) is 0 Å². The summed E-state index contributed by atoms with van der Waals surface area (Å²) < 4.78 is 4.12. The highest BCUT2D eigenvalue weighted by molar-refractivity contribution is 6.02. The molecule has 0 saturated carbocycles. The molecule has 4 aromatic carbocycles. The van der Waals surface area contributed by atoms with Crippen LogP contribution in [-0.4, -0.2) is 28.5 Å². The average molecular weight is 471 g/mol. The van der Waals surface area contributed by atoms with Crippen LogP contribution in [0.4, 0.5) is 17.1 Å². The molecular weight excluding hydrogens is 444 g/mol. The molecule has 1 N–H and O–H groups in total. The lowest BCUT2D eigenvalue weighted by atomic mass is 10.1. The van der Waals surface area contributed by atoms with Gasteiger partial charge in [0, 0.05) is 60.7 Å². The van der Waals surface area contributed by atoms with Gasteiger partial charge in [-0.3, -0.25) is 24.3 Å². The number of hydrogen-bond acceptors (Lipinski definition) is 4. The van der Waals surface area contributed by atoms with Crippen LogP contribution in [0.15, 0.2) is 125 Å². The number of benzene rings is 4. The SMILES string of the molecule is C=N/C=C\Nc1ccc(C=Nc2ccc(N=Cc3ccc(-n4ccn4C)cc3)c3ccccc23)cc1. The number of anilines is 1. The van der Waals surface area contributed by atoms with Crippen molar-refractivity contribution in [3.63, 3.8) is 0 Å². The van der Waals surface area contributed by atoms with Crippen LogP contribution in [-0.2, 0) is 7.05 Å². The van der Waals surface area contributed by atoms with Gasteiger partial charge < -0.3 is 5.32 Å². The third kappa shape index (κ3) is 5.08. The van der Waals surface area contributed by atoms with Gasteiger partial charge in [0.25, 0.3) is 0 Å². The molecule has 0 saturated heterocycles. The van der Waals surface area contributed by atoms with Crippen LogP contribution in [0.5, 0.6) is 0 Å². The van der Waals surface area contributed by atoms with E-state index in [-0.39, 0.29) is 0 Å². The molecule has 0 spiro atoms. The van der Waals surface area contributed by atoms with Crippen molar-refractivity contribution in [2.45, 2.75) is 0 Å². The van der Waals surface area contributed by atoms with E-state index < -0.39 is 0 Å². The lowest BCUT2D eigenvalue weighted by molar-refractivity contribution is 0.586. The zero-order valence-corrected chi connectivity index (χ0v) is 20.0. The number of nitrogens with one attached hydrogen (secondary N) is 1. The molecule has 0 bridgehead atoms. The van der Waals surface area contributed by atoms with Crippen LogP contribution in [0.3, 0.4) is 0 Å². The summed E-state index contributed by atoms with van der Waals surface area (Å²) in [5, 5.41) is 5.26. The Morgan fingerprint density at radius 1 is 0.722 bits per heavy atom. The third-order valence-corrected chi connectivity index (χ3v) is 5.85. The highest BCUT2D eigenvalue weighted by Gasteiger charge is 2.05. The minimum atomic E-state index is 0.905. The lowest BCUT2D eigenvalue weighted by Gasteiger charge is -2.16. The van der Waals surface area contributed by atoms with Crippen molar-refractivity contribution in [1.29, 1.82) is 0 Å². The topological polar surface area (TPSA) is 59.0 Å². The summed E-state index contributed by atoms with van der Waals surface area (Å²) in [6.07, 6.45) is 11.2. The van der Waals surface area contributed by atoms with E-state index in [1.54, 1.807) is 12.4 Å². The Labute approximate surface area is 210 Å². The molecule has 0 radical (unpaired) electrons. The largest absolute Gasteiger partial charge is 0.360 e.